The minimum Gasteiger partial charge on any atom is -0.658 e. The van der Waals surface area contributed by atoms with Crippen molar-refractivity contribution in [2.75, 3.05) is 20.3 Å². The van der Waals surface area contributed by atoms with Crippen LogP contribution in [0.3, 0.4) is 0 Å². The van der Waals surface area contributed by atoms with Gasteiger partial charge < -0.3 is 49.5 Å². The average molecular weight is 603 g/mol. The van der Waals surface area contributed by atoms with Crippen LogP contribution < -0.4 is 15.6 Å². The van der Waals surface area contributed by atoms with Crippen LogP contribution in [0.5, 0.6) is 0 Å². The lowest BCUT2D eigenvalue weighted by atomic mass is 9.63. The molecule has 1 spiro atoms. The van der Waals surface area contributed by atoms with Gasteiger partial charge in [0.15, 0.2) is 11.9 Å². The average Bonchev–Trinajstić information content (AvgIpc) is 3.43. The lowest BCUT2D eigenvalue weighted by Crippen LogP contribution is -2.78. The van der Waals surface area contributed by atoms with Gasteiger partial charge >= 0.3 is 11.9 Å². The monoisotopic (exact) mass is 602 g/mol. The number of carboxylic acids is 1. The smallest absolute Gasteiger partial charge is 0.333 e. The number of aryl methyl sites for hydroxylation is 1. The number of nitrogens with zero attached hydrogens (tertiary/aromatic N) is 1. The number of aliphatic carboxylic acids is 1. The Bertz CT molecular complexity index is 1410. The fraction of sp³-hybridized carbons (Fsp3) is 0.613. The van der Waals surface area contributed by atoms with Crippen LogP contribution in [-0.4, -0.2) is 93.6 Å². The summed E-state index contributed by atoms with van der Waals surface area (Å²) in [5.74, 6) is -2.80. The highest BCUT2D eigenvalue weighted by Gasteiger charge is 2.69. The Hall–Kier alpha value is -3.00. The Morgan fingerprint density at radius 3 is 2.70 bits per heavy atom. The van der Waals surface area contributed by atoms with E-state index in [0.29, 0.717) is 42.4 Å². The first-order valence-corrected chi connectivity index (χ1v) is 14.7. The maximum atomic E-state index is 12.4. The normalized spacial score (nSPS) is 34.9. The molecule has 0 radical (unpaired) electrons. The number of methoxy groups -OCH3 is 1. The van der Waals surface area contributed by atoms with E-state index in [9.17, 15) is 35.1 Å². The molecule has 1 aromatic heterocycles. The lowest BCUT2D eigenvalue weighted by Gasteiger charge is -2.60. The molecule has 12 heteroatoms. The van der Waals surface area contributed by atoms with Gasteiger partial charge in [0, 0.05) is 30.4 Å². The predicted molar refractivity (Wildman–Crippen MR) is 150 cm³/mol. The molecule has 2 aliphatic carbocycles. The number of carbonyl (C=O) groups excluding carboxylic acids is 1. The Morgan fingerprint density at radius 1 is 1.30 bits per heavy atom. The zero-order valence-electron chi connectivity index (χ0n) is 24.4. The van der Waals surface area contributed by atoms with E-state index in [-0.39, 0.29) is 31.4 Å². The van der Waals surface area contributed by atoms with Gasteiger partial charge in [0.25, 0.3) is 0 Å². The summed E-state index contributed by atoms with van der Waals surface area (Å²) in [6.07, 6.45) is -0.358. The standard InChI is InChI=1S/C31H40NO11/c1-4-16-13-20-21-10-11-30(39)28(38)31(21,43-23(7-6-12-33)26(20)32-16)24(15-34)42-29(30)41-22-9-8-18(27(37)40-3)19(14-25(35)36)17(22)5-2/h5,8,13,17,19,22,24,28-29,33-34,38-39H,2,4,6-7,9-12,14-15H2,1,3H3,(H,35,36)/q-1/t17-,19+,22-,24-,28-,29-,30-,31-/m1/s1. The number of rotatable bonds is 11. The summed E-state index contributed by atoms with van der Waals surface area (Å²) in [7, 11) is 1.22. The van der Waals surface area contributed by atoms with Crippen molar-refractivity contribution < 1.29 is 54.1 Å². The Balaban J connectivity index is 1.53. The molecule has 2 aliphatic heterocycles. The Kier molecular flexibility index (Phi) is 8.90. The van der Waals surface area contributed by atoms with Crippen molar-refractivity contribution in [2.45, 2.75) is 87.7 Å². The number of ether oxygens (including phenoxy) is 4. The first-order valence-electron chi connectivity index (χ1n) is 14.7. The van der Waals surface area contributed by atoms with Crippen LogP contribution in [0.1, 0.15) is 51.1 Å². The van der Waals surface area contributed by atoms with Crippen molar-refractivity contribution in [1.29, 1.82) is 0 Å². The molecule has 0 unspecified atom stereocenters. The first-order chi connectivity index (χ1) is 20.6. The minimum absolute atomic E-state index is 0.0444. The summed E-state index contributed by atoms with van der Waals surface area (Å²) in [4.78, 5) is 28.9. The minimum atomic E-state index is -1.97. The number of aliphatic hydroxyl groups excluding tert-OH is 3. The van der Waals surface area contributed by atoms with Crippen molar-refractivity contribution in [1.82, 2.24) is 4.98 Å². The van der Waals surface area contributed by atoms with Crippen molar-refractivity contribution >= 4 is 23.3 Å². The van der Waals surface area contributed by atoms with Gasteiger partial charge in [0.2, 0.25) is 0 Å². The molecule has 43 heavy (non-hydrogen) atoms. The molecule has 2 bridgehead atoms. The number of fused-ring (bicyclic) bond motifs is 2. The number of esters is 1. The third-order valence-electron chi connectivity index (χ3n) is 9.34. The number of carbonyl (C=O) groups is 2. The van der Waals surface area contributed by atoms with E-state index < -0.39 is 66.2 Å². The van der Waals surface area contributed by atoms with Crippen LogP contribution in [0, 0.1) is 11.8 Å². The van der Waals surface area contributed by atoms with E-state index in [2.05, 4.69) is 6.58 Å². The van der Waals surface area contributed by atoms with Gasteiger partial charge in [-0.3, -0.25) is 4.79 Å². The highest BCUT2D eigenvalue weighted by Crippen LogP contribution is 2.53. The van der Waals surface area contributed by atoms with Gasteiger partial charge in [-0.1, -0.05) is 36.9 Å². The molecule has 12 nitrogen and oxygen atoms in total. The van der Waals surface area contributed by atoms with E-state index in [1.807, 2.05) is 13.0 Å². The van der Waals surface area contributed by atoms with Crippen molar-refractivity contribution in [3.05, 3.63) is 46.6 Å². The van der Waals surface area contributed by atoms with Crippen LogP contribution in [0.4, 0.5) is 0 Å². The van der Waals surface area contributed by atoms with E-state index in [1.54, 1.807) is 6.08 Å². The number of aromatic nitrogens is 1. The SMILES string of the molecule is C=C[C@@H]1[C@H](CC(=O)O)C(C(=O)OC)=CC[C@H]1O[C@@H]1O[C@H](CO)[C@]23OC(CCCO)=c4[n-]c(CC)cc4=C2CC[C@@]1(O)[C@H]3O. The second-order valence-corrected chi connectivity index (χ2v) is 11.6. The fourth-order valence-electron chi connectivity index (χ4n) is 7.22. The summed E-state index contributed by atoms with van der Waals surface area (Å²) in [6.45, 7) is 5.17. The molecule has 8 atom stereocenters. The van der Waals surface area contributed by atoms with Crippen LogP contribution in [-0.2, 0) is 35.0 Å². The molecule has 236 valence electrons. The molecule has 0 aromatic carbocycles. The van der Waals surface area contributed by atoms with Gasteiger partial charge in [0.1, 0.15) is 17.8 Å². The van der Waals surface area contributed by atoms with Gasteiger partial charge in [0.05, 0.1) is 32.0 Å². The van der Waals surface area contributed by atoms with E-state index in [1.165, 1.54) is 13.2 Å². The molecular formula is C31H40NO11-. The number of hydrogen-bond acceptors (Lipinski definition) is 10. The highest BCUT2D eigenvalue weighted by atomic mass is 16.7. The van der Waals surface area contributed by atoms with Crippen molar-refractivity contribution in [3.63, 3.8) is 0 Å². The second kappa shape index (κ2) is 12.2. The van der Waals surface area contributed by atoms with Gasteiger partial charge in [-0.2, -0.15) is 5.69 Å². The molecule has 5 rings (SSSR count). The molecule has 1 aromatic rings. The Morgan fingerprint density at radius 2 is 2.07 bits per heavy atom. The molecular weight excluding hydrogens is 562 g/mol. The van der Waals surface area contributed by atoms with Crippen LogP contribution in [0.25, 0.3) is 11.3 Å². The van der Waals surface area contributed by atoms with E-state index in [4.69, 9.17) is 23.9 Å². The molecule has 0 amide bonds. The van der Waals surface area contributed by atoms with Gasteiger partial charge in [-0.05, 0) is 36.5 Å². The van der Waals surface area contributed by atoms with Crippen molar-refractivity contribution in [3.8, 4) is 0 Å². The summed E-state index contributed by atoms with van der Waals surface area (Å²) >= 11 is 0. The lowest BCUT2D eigenvalue weighted by molar-refractivity contribution is -0.372. The quantitative estimate of drug-likeness (QED) is 0.160. The third kappa shape index (κ3) is 5.03. The largest absolute Gasteiger partial charge is 0.658 e. The topological polar surface area (TPSA) is 186 Å². The van der Waals surface area contributed by atoms with Crippen molar-refractivity contribution in [2.24, 2.45) is 11.8 Å². The maximum Gasteiger partial charge on any atom is 0.333 e. The van der Waals surface area contributed by atoms with Gasteiger partial charge in [-0.15, -0.1) is 6.58 Å². The number of aliphatic hydroxyl groups is 4. The van der Waals surface area contributed by atoms with Gasteiger partial charge in [-0.25, -0.2) is 4.79 Å². The second-order valence-electron chi connectivity index (χ2n) is 11.6. The zero-order chi connectivity index (χ0) is 31.1. The highest BCUT2D eigenvalue weighted by molar-refractivity contribution is 5.90. The molecule has 5 N–H and O–H groups in total. The molecule has 3 heterocycles. The van der Waals surface area contributed by atoms with E-state index in [0.717, 1.165) is 10.9 Å². The number of hydrogen-bond donors (Lipinski definition) is 5. The van der Waals surface area contributed by atoms with Crippen LogP contribution >= 0.6 is 0 Å². The van der Waals surface area contributed by atoms with Crippen LogP contribution in [0.2, 0.25) is 0 Å². The zero-order valence-corrected chi connectivity index (χ0v) is 24.4. The molecule has 1 saturated carbocycles. The molecule has 4 aliphatic rings. The maximum absolute atomic E-state index is 12.4. The van der Waals surface area contributed by atoms with E-state index >= 15 is 0 Å². The summed E-state index contributed by atoms with van der Waals surface area (Å²) in [5, 5.41) is 55.2. The summed E-state index contributed by atoms with van der Waals surface area (Å²) < 4.78 is 24.0. The first kappa shape index (κ1) is 31.4. The van der Waals surface area contributed by atoms with Crippen LogP contribution in [0.15, 0.2) is 30.4 Å². The fourth-order valence-corrected chi connectivity index (χ4v) is 7.22. The summed E-state index contributed by atoms with van der Waals surface area (Å²) in [6, 6.07) is 1.94. The Labute approximate surface area is 248 Å². The molecule has 2 fully saturated rings. The molecule has 1 saturated heterocycles. The predicted octanol–water partition coefficient (Wildman–Crippen LogP) is -0.609. The number of carboxylic acid groups (broad SMARTS) is 1. The summed E-state index contributed by atoms with van der Waals surface area (Å²) in [5.41, 5.74) is -1.89. The third-order valence-corrected chi connectivity index (χ3v) is 9.34.